The van der Waals surface area contributed by atoms with Gasteiger partial charge in [0.05, 0.1) is 71.6 Å². The molecule has 1 amide bonds. The minimum atomic E-state index is -0.552. The van der Waals surface area contributed by atoms with Gasteiger partial charge in [-0.1, -0.05) is 66.7 Å². The minimum absolute atomic E-state index is 0.0366. The van der Waals surface area contributed by atoms with E-state index in [1.807, 2.05) is 84.9 Å². The molecule has 27 heteroatoms. The van der Waals surface area contributed by atoms with Crippen LogP contribution >= 0.6 is 0 Å². The van der Waals surface area contributed by atoms with Crippen molar-refractivity contribution in [2.75, 3.05) is 120 Å². The van der Waals surface area contributed by atoms with Crippen LogP contribution in [0.5, 0.6) is 80.5 Å². The monoisotopic (exact) mass is 1750 g/mol. The number of carbonyl (C=O) groups excluding carboxylic acids is 6. The molecule has 2 unspecified atom stereocenters. The summed E-state index contributed by atoms with van der Waals surface area (Å²) in [7, 11) is 6.66. The Morgan fingerprint density at radius 2 is 0.742 bits per heavy atom. The van der Waals surface area contributed by atoms with Crippen LogP contribution in [-0.4, -0.2) is 190 Å². The molecule has 15 rings (SSSR count). The van der Waals surface area contributed by atoms with Crippen LogP contribution in [0.2, 0.25) is 0 Å². The second-order valence-electron chi connectivity index (χ2n) is 31.8. The highest BCUT2D eigenvalue weighted by Gasteiger charge is 2.39. The molecule has 5 fully saturated rings. The van der Waals surface area contributed by atoms with Crippen LogP contribution < -0.4 is 62.2 Å². The smallest absolute Gasteiger partial charge is 0.219 e. The Labute approximate surface area is 745 Å². The van der Waals surface area contributed by atoms with Crippen LogP contribution in [0.3, 0.4) is 0 Å². The number of amides is 1. The lowest BCUT2D eigenvalue weighted by molar-refractivity contribution is -0.128. The molecular weight excluding hydrogens is 1640 g/mol. The number of halogens is 2. The first-order valence-corrected chi connectivity index (χ1v) is 42.8. The molecule has 128 heavy (non-hydrogen) atoms. The number of anilines is 4. The number of carbonyl (C=O) groups is 6. The zero-order valence-corrected chi connectivity index (χ0v) is 73.9. The molecule has 5 aliphatic heterocycles. The number of methoxy groups -OCH3 is 4. The summed E-state index contributed by atoms with van der Waals surface area (Å²) in [4.78, 5) is 81.5. The number of para-hydroxylation sites is 4. The number of likely N-dealkylation sites (tertiary alicyclic amines) is 1. The van der Waals surface area contributed by atoms with Crippen molar-refractivity contribution in [1.82, 2.24) is 4.90 Å². The van der Waals surface area contributed by atoms with Crippen LogP contribution in [-0.2, 0) is 4.79 Å². The van der Waals surface area contributed by atoms with E-state index < -0.39 is 17.6 Å². The normalized spacial score (nSPS) is 17.4. The van der Waals surface area contributed by atoms with Crippen LogP contribution in [0.15, 0.2) is 206 Å². The molecule has 10 aromatic carbocycles. The molecule has 0 aromatic heterocycles. The summed E-state index contributed by atoms with van der Waals surface area (Å²) in [6, 6.07) is 59.7. The van der Waals surface area contributed by atoms with E-state index in [9.17, 15) is 63.1 Å². The Morgan fingerprint density at radius 1 is 0.359 bits per heavy atom. The van der Waals surface area contributed by atoms with Gasteiger partial charge in [0, 0.05) is 81.5 Å². The summed E-state index contributed by atoms with van der Waals surface area (Å²) in [5, 5.41) is 49.7. The summed E-state index contributed by atoms with van der Waals surface area (Å²) in [5.74, 6) is 1.80. The highest BCUT2D eigenvalue weighted by molar-refractivity contribution is 6.02. The van der Waals surface area contributed by atoms with Gasteiger partial charge in [0.2, 0.25) is 5.91 Å². The summed E-state index contributed by atoms with van der Waals surface area (Å²) in [6.07, 6.45) is 7.88. The quantitative estimate of drug-likeness (QED) is 0.0299. The van der Waals surface area contributed by atoms with E-state index in [-0.39, 0.29) is 146 Å². The fourth-order valence-corrected chi connectivity index (χ4v) is 16.9. The molecule has 5 heterocycles. The van der Waals surface area contributed by atoms with E-state index in [0.29, 0.717) is 49.3 Å². The number of ether oxygens (including phenoxy) is 9. The van der Waals surface area contributed by atoms with Gasteiger partial charge in [-0.05, 0) is 219 Å². The first kappa shape index (κ1) is 94.9. The van der Waals surface area contributed by atoms with Gasteiger partial charge in [0.25, 0.3) is 0 Å². The molecule has 5 aliphatic rings. The van der Waals surface area contributed by atoms with Gasteiger partial charge in [-0.25, -0.2) is 8.78 Å². The zero-order chi connectivity index (χ0) is 91.7. The predicted octanol–water partition coefficient (Wildman–Crippen LogP) is 18.1. The van der Waals surface area contributed by atoms with Gasteiger partial charge in [0.1, 0.15) is 145 Å². The van der Waals surface area contributed by atoms with Crippen molar-refractivity contribution >= 4 is 57.6 Å². The van der Waals surface area contributed by atoms with Gasteiger partial charge in [-0.15, -0.1) is 0 Å². The van der Waals surface area contributed by atoms with Crippen molar-refractivity contribution < 1.29 is 106 Å². The maximum Gasteiger partial charge on any atom is 0.219 e. The van der Waals surface area contributed by atoms with Gasteiger partial charge in [0.15, 0.2) is 28.9 Å². The average molecular weight is 1760 g/mol. The Hall–Kier alpha value is -13.7. The summed E-state index contributed by atoms with van der Waals surface area (Å²) >= 11 is 0. The van der Waals surface area contributed by atoms with Crippen molar-refractivity contribution in [3.63, 3.8) is 0 Å². The van der Waals surface area contributed by atoms with Gasteiger partial charge in [-0.2, -0.15) is 0 Å². The molecular formula is C101H113F2N5O20. The van der Waals surface area contributed by atoms with Crippen LogP contribution in [0, 0.1) is 17.6 Å². The van der Waals surface area contributed by atoms with E-state index in [4.69, 9.17) is 42.6 Å². The van der Waals surface area contributed by atoms with Gasteiger partial charge < -0.3 is 92.7 Å². The van der Waals surface area contributed by atoms with E-state index in [2.05, 4.69) is 31.7 Å². The molecule has 10 aromatic rings. The number of phenols is 5. The third-order valence-electron chi connectivity index (χ3n) is 23.1. The third kappa shape index (κ3) is 24.5. The molecule has 5 N–H and O–H groups in total. The topological polar surface area (TPSA) is 303 Å². The number of aromatic hydroxyl groups is 5. The molecule has 0 bridgehead atoms. The number of benzene rings is 10. The van der Waals surface area contributed by atoms with E-state index in [0.717, 1.165) is 148 Å². The maximum absolute atomic E-state index is 14.3. The number of hydrogen-bond donors (Lipinski definition) is 5. The van der Waals surface area contributed by atoms with E-state index in [1.165, 1.54) is 71.9 Å². The largest absolute Gasteiger partial charge is 0.507 e. The fourth-order valence-electron chi connectivity index (χ4n) is 16.9. The number of nitrogens with zero attached hydrogens (tertiary/aromatic N) is 5. The Bertz CT molecular complexity index is 5500. The number of Topliss-reactive ketones (excluding diaryl/α,β-unsaturated/α-hetero) is 5. The molecule has 0 spiro atoms. The van der Waals surface area contributed by atoms with E-state index in [1.54, 1.807) is 94.0 Å². The molecule has 5 saturated heterocycles. The van der Waals surface area contributed by atoms with Gasteiger partial charge in [-0.3, -0.25) is 28.8 Å². The van der Waals surface area contributed by atoms with E-state index >= 15 is 0 Å². The summed E-state index contributed by atoms with van der Waals surface area (Å²) in [5.41, 5.74) is 5.54. The maximum atomic E-state index is 14.3. The van der Waals surface area contributed by atoms with Crippen molar-refractivity contribution in [2.45, 2.75) is 123 Å². The second-order valence-corrected chi connectivity index (χ2v) is 31.8. The Kier molecular flexibility index (Phi) is 33.7. The summed E-state index contributed by atoms with van der Waals surface area (Å²) < 4.78 is 79.3. The van der Waals surface area contributed by atoms with Crippen molar-refractivity contribution in [3.05, 3.63) is 251 Å². The number of ketones is 5. The first-order chi connectivity index (χ1) is 61.7. The molecule has 25 nitrogen and oxygen atoms in total. The molecule has 676 valence electrons. The molecule has 6 atom stereocenters. The molecule has 0 radical (unpaired) electrons. The highest BCUT2D eigenvalue weighted by atomic mass is 19.1. The summed E-state index contributed by atoms with van der Waals surface area (Å²) in [6.45, 7) is 15.2. The van der Waals surface area contributed by atoms with Crippen LogP contribution in [0.25, 0.3) is 0 Å². The van der Waals surface area contributed by atoms with Crippen molar-refractivity contribution in [3.8, 4) is 80.5 Å². The lowest BCUT2D eigenvalue weighted by Gasteiger charge is -2.35. The van der Waals surface area contributed by atoms with Crippen molar-refractivity contribution in [2.24, 2.45) is 5.92 Å². The number of piperidine rings is 2. The predicted molar refractivity (Wildman–Crippen MR) is 486 cm³/mol. The lowest BCUT2D eigenvalue weighted by atomic mass is 9.89. The fraction of sp³-hybridized carbons (Fsp3) is 0.347. The Balaban J connectivity index is 0.000000155. The lowest BCUT2D eigenvalue weighted by Crippen LogP contribution is -2.41. The van der Waals surface area contributed by atoms with Crippen LogP contribution in [0.4, 0.5) is 31.5 Å². The molecule has 0 aliphatic carbocycles. The second kappa shape index (κ2) is 45.4. The van der Waals surface area contributed by atoms with Gasteiger partial charge >= 0.3 is 0 Å². The zero-order valence-electron chi connectivity index (χ0n) is 73.9. The third-order valence-corrected chi connectivity index (χ3v) is 23.1. The average Bonchev–Trinajstić information content (AvgIpc) is 1.64. The first-order valence-electron chi connectivity index (χ1n) is 42.8. The number of phenolic OH excluding ortho intramolecular Hbond substituents is 5. The number of rotatable bonds is 27. The molecule has 0 saturated carbocycles. The van der Waals surface area contributed by atoms with Crippen molar-refractivity contribution in [1.29, 1.82) is 0 Å². The Morgan fingerprint density at radius 3 is 1.21 bits per heavy atom. The standard InChI is InChI=1S/C21H21F2NO4.4C20H23NO4/c1-12(25)21-19(27)4-3-5-20(21)28-11-14-9-24(13(2)26)10-17(14)16-8-15(22)6-7-18(16)23;1-14(22)20-18(23)9-4-10-19(20)25-13-16-7-5-11-21(16)15-6-3-8-17(12-15)24-2;1-14(22)20-18(23)9-4-10-19(20)25-17-8-5-11-21(13-17)15-6-3-7-16(12-15)24-2;1-14(22)20-17(23)9-5-11-19(20)25-13-15-7-6-12-21(15)16-8-3-4-10-18(16)24-2;1-14(22)20-17(23)9-5-11-19(20)25-15-7-6-12-21(13-15)16-8-3-4-10-18(16)24-2/h3-8,14,17,27H,9-11H2,1-2H3;3-4,6,8-10,12,16,23H,5,7,11,13H2,1-2H3;3-4,6-7,9-10,12,17,23H,5,8,11,13H2,1-2H3;2*3-5,8-11,15,23H,6-7,12-13H2,1-2H3/t14-,17+;16-;;15-;/m00.0./s1. The SMILES string of the molecule is CC(=O)c1c(O)cccc1OC[C@@H]1CN(C(C)=O)C[C@H]1c1cc(F)ccc1F.COc1cccc(N2CCCC(Oc3cccc(O)c3C(C)=O)C2)c1.COc1cccc(N2CCC[C@H]2COc2cccc(O)c2C(C)=O)c1.COc1ccccc1N1CCCC(Oc2cccc(O)c2C(C)=O)C1.COc1ccccc1N1CCC[C@H]1COc1cccc(O)c1C(C)=O. The highest BCUT2D eigenvalue weighted by Crippen LogP contribution is 2.42. The van der Waals surface area contributed by atoms with Crippen LogP contribution in [0.1, 0.15) is 156 Å². The number of hydrogen-bond acceptors (Lipinski definition) is 24. The minimum Gasteiger partial charge on any atom is -0.507 e.